The van der Waals surface area contributed by atoms with E-state index in [0.29, 0.717) is 5.06 Å². The minimum atomic E-state index is -0.607. The first-order chi connectivity index (χ1) is 8.56. The molecule has 0 N–H and O–H groups in total. The number of carbonyl (C=O) groups excluding carboxylic acids is 3. The van der Waals surface area contributed by atoms with Crippen LogP contribution in [0.25, 0.3) is 0 Å². The number of carbonyl (C=O) groups is 3. The standard InChI is InChI=1S/C13H13NO4/c1-9-3-2-4-10(7-9)8-13(17)18-14-11(15)5-6-12(14)16/h2-4,7H,5-6,8H2,1H3. The highest BCUT2D eigenvalue weighted by atomic mass is 16.7. The third-order valence-electron chi connectivity index (χ3n) is 2.63. The van der Waals surface area contributed by atoms with Crippen molar-refractivity contribution in [2.75, 3.05) is 0 Å². The van der Waals surface area contributed by atoms with Crippen molar-refractivity contribution in [2.45, 2.75) is 26.2 Å². The number of hydrogen-bond donors (Lipinski definition) is 0. The molecule has 1 aliphatic rings. The van der Waals surface area contributed by atoms with Crippen LogP contribution >= 0.6 is 0 Å². The Morgan fingerprint density at radius 2 is 1.94 bits per heavy atom. The van der Waals surface area contributed by atoms with Crippen molar-refractivity contribution in [3.8, 4) is 0 Å². The van der Waals surface area contributed by atoms with Gasteiger partial charge in [0.1, 0.15) is 0 Å². The van der Waals surface area contributed by atoms with Crippen LogP contribution in [0.3, 0.4) is 0 Å². The lowest BCUT2D eigenvalue weighted by molar-refractivity contribution is -0.197. The van der Waals surface area contributed by atoms with Gasteiger partial charge in [-0.1, -0.05) is 29.8 Å². The Kier molecular flexibility index (Phi) is 3.41. The average molecular weight is 247 g/mol. The number of aryl methyl sites for hydroxylation is 1. The summed E-state index contributed by atoms with van der Waals surface area (Å²) in [6, 6.07) is 7.41. The predicted molar refractivity (Wildman–Crippen MR) is 62.1 cm³/mol. The second kappa shape index (κ2) is 5.00. The van der Waals surface area contributed by atoms with E-state index in [4.69, 9.17) is 4.84 Å². The molecule has 5 nitrogen and oxygen atoms in total. The fourth-order valence-corrected chi connectivity index (χ4v) is 1.78. The van der Waals surface area contributed by atoms with E-state index >= 15 is 0 Å². The molecular weight excluding hydrogens is 234 g/mol. The first-order valence-corrected chi connectivity index (χ1v) is 5.68. The normalized spacial score (nSPS) is 15.1. The zero-order valence-electron chi connectivity index (χ0n) is 10.0. The summed E-state index contributed by atoms with van der Waals surface area (Å²) in [6.07, 6.45) is 0.256. The molecule has 1 aromatic rings. The van der Waals surface area contributed by atoms with E-state index in [0.717, 1.165) is 11.1 Å². The van der Waals surface area contributed by atoms with Crippen molar-refractivity contribution < 1.29 is 19.2 Å². The second-order valence-corrected chi connectivity index (χ2v) is 4.21. The summed E-state index contributed by atoms with van der Waals surface area (Å²) in [4.78, 5) is 38.9. The van der Waals surface area contributed by atoms with Crippen LogP contribution in [-0.2, 0) is 25.6 Å². The lowest BCUT2D eigenvalue weighted by Crippen LogP contribution is -2.32. The van der Waals surface area contributed by atoms with Crippen molar-refractivity contribution in [2.24, 2.45) is 0 Å². The van der Waals surface area contributed by atoms with Crippen molar-refractivity contribution in [1.29, 1.82) is 0 Å². The molecule has 0 saturated carbocycles. The Labute approximate surface area is 104 Å². The fraction of sp³-hybridized carbons (Fsp3) is 0.308. The Morgan fingerprint density at radius 3 is 2.56 bits per heavy atom. The third-order valence-corrected chi connectivity index (χ3v) is 2.63. The van der Waals surface area contributed by atoms with Gasteiger partial charge in [-0.25, -0.2) is 4.79 Å². The maximum Gasteiger partial charge on any atom is 0.337 e. The molecule has 1 aliphatic heterocycles. The van der Waals surface area contributed by atoms with Gasteiger partial charge in [0.05, 0.1) is 6.42 Å². The zero-order chi connectivity index (χ0) is 13.1. The highest BCUT2D eigenvalue weighted by molar-refractivity contribution is 6.01. The number of amides is 2. The molecule has 94 valence electrons. The van der Waals surface area contributed by atoms with E-state index in [9.17, 15) is 14.4 Å². The number of imide groups is 1. The smallest absolute Gasteiger partial charge is 0.330 e. The van der Waals surface area contributed by atoms with E-state index in [-0.39, 0.29) is 19.3 Å². The molecule has 0 atom stereocenters. The molecule has 0 aromatic heterocycles. The summed E-state index contributed by atoms with van der Waals surface area (Å²) in [6.45, 7) is 1.92. The lowest BCUT2D eigenvalue weighted by Gasteiger charge is -2.12. The van der Waals surface area contributed by atoms with E-state index in [1.807, 2.05) is 25.1 Å². The molecule has 1 aromatic carbocycles. The minimum Gasteiger partial charge on any atom is -0.330 e. The molecule has 5 heteroatoms. The molecule has 2 rings (SSSR count). The fourth-order valence-electron chi connectivity index (χ4n) is 1.78. The number of benzene rings is 1. The van der Waals surface area contributed by atoms with E-state index in [1.165, 1.54) is 0 Å². The van der Waals surface area contributed by atoms with E-state index < -0.39 is 17.8 Å². The molecule has 0 bridgehead atoms. The van der Waals surface area contributed by atoms with Crippen LogP contribution in [0.1, 0.15) is 24.0 Å². The van der Waals surface area contributed by atoms with Gasteiger partial charge >= 0.3 is 5.97 Å². The van der Waals surface area contributed by atoms with Gasteiger partial charge in [-0.3, -0.25) is 9.59 Å². The maximum atomic E-state index is 11.6. The summed E-state index contributed by atoms with van der Waals surface area (Å²) in [5.41, 5.74) is 1.83. The maximum absolute atomic E-state index is 11.6. The molecular formula is C13H13NO4. The van der Waals surface area contributed by atoms with Gasteiger partial charge < -0.3 is 4.84 Å². The Balaban J connectivity index is 1.97. The van der Waals surface area contributed by atoms with E-state index in [1.54, 1.807) is 6.07 Å². The molecule has 0 spiro atoms. The average Bonchev–Trinajstić information content (AvgIpc) is 2.61. The summed E-state index contributed by atoms with van der Waals surface area (Å²) in [7, 11) is 0. The third kappa shape index (κ3) is 2.74. The highest BCUT2D eigenvalue weighted by Gasteiger charge is 2.32. The van der Waals surface area contributed by atoms with Gasteiger partial charge in [0, 0.05) is 12.8 Å². The van der Waals surface area contributed by atoms with Gasteiger partial charge in [-0.05, 0) is 12.5 Å². The monoisotopic (exact) mass is 247 g/mol. The van der Waals surface area contributed by atoms with E-state index in [2.05, 4.69) is 0 Å². The molecule has 0 radical (unpaired) electrons. The number of nitrogens with zero attached hydrogens (tertiary/aromatic N) is 1. The van der Waals surface area contributed by atoms with Crippen molar-refractivity contribution in [1.82, 2.24) is 5.06 Å². The van der Waals surface area contributed by atoms with Gasteiger partial charge in [0.2, 0.25) is 0 Å². The van der Waals surface area contributed by atoms with Crippen LogP contribution < -0.4 is 0 Å². The van der Waals surface area contributed by atoms with Crippen LogP contribution in [0.4, 0.5) is 0 Å². The molecule has 2 amide bonds. The summed E-state index contributed by atoms with van der Waals surface area (Å²) < 4.78 is 0. The van der Waals surface area contributed by atoms with Gasteiger partial charge in [0.25, 0.3) is 11.8 Å². The molecule has 1 fully saturated rings. The lowest BCUT2D eigenvalue weighted by atomic mass is 10.1. The molecule has 0 unspecified atom stereocenters. The Bertz CT molecular complexity index is 493. The molecule has 1 heterocycles. The number of rotatable bonds is 3. The van der Waals surface area contributed by atoms with Gasteiger partial charge in [-0.2, -0.15) is 0 Å². The quantitative estimate of drug-likeness (QED) is 0.751. The highest BCUT2D eigenvalue weighted by Crippen LogP contribution is 2.13. The predicted octanol–water partition coefficient (Wildman–Crippen LogP) is 1.14. The summed E-state index contributed by atoms with van der Waals surface area (Å²) in [5, 5.41) is 0.568. The molecule has 1 saturated heterocycles. The number of hydroxylamine groups is 2. The SMILES string of the molecule is Cc1cccc(CC(=O)ON2C(=O)CCC2=O)c1. The second-order valence-electron chi connectivity index (χ2n) is 4.21. The van der Waals surface area contributed by atoms with Crippen molar-refractivity contribution in [3.05, 3.63) is 35.4 Å². The largest absolute Gasteiger partial charge is 0.337 e. The van der Waals surface area contributed by atoms with Gasteiger partial charge in [0.15, 0.2) is 0 Å². The first-order valence-electron chi connectivity index (χ1n) is 5.68. The van der Waals surface area contributed by atoms with Crippen molar-refractivity contribution in [3.63, 3.8) is 0 Å². The van der Waals surface area contributed by atoms with Crippen LogP contribution in [-0.4, -0.2) is 22.8 Å². The topological polar surface area (TPSA) is 63.7 Å². The zero-order valence-corrected chi connectivity index (χ0v) is 10.0. The van der Waals surface area contributed by atoms with Crippen LogP contribution in [0.15, 0.2) is 24.3 Å². The van der Waals surface area contributed by atoms with Crippen LogP contribution in [0, 0.1) is 6.92 Å². The van der Waals surface area contributed by atoms with Crippen LogP contribution in [0.5, 0.6) is 0 Å². The Morgan fingerprint density at radius 1 is 1.28 bits per heavy atom. The summed E-state index contributed by atoms with van der Waals surface area (Å²) >= 11 is 0. The van der Waals surface area contributed by atoms with Crippen LogP contribution in [0.2, 0.25) is 0 Å². The molecule has 0 aliphatic carbocycles. The summed E-state index contributed by atoms with van der Waals surface area (Å²) in [5.74, 6) is -1.53. The van der Waals surface area contributed by atoms with Crippen molar-refractivity contribution >= 4 is 17.8 Å². The van der Waals surface area contributed by atoms with Gasteiger partial charge in [-0.15, -0.1) is 5.06 Å². The Hall–Kier alpha value is -2.17. The minimum absolute atomic E-state index is 0.0404. The number of hydrogen-bond acceptors (Lipinski definition) is 4. The molecule has 18 heavy (non-hydrogen) atoms. The first kappa shape index (κ1) is 12.3.